The Kier molecular flexibility index (Phi) is 5.76. The van der Waals surface area contributed by atoms with Crippen LogP contribution in [0.1, 0.15) is 0 Å². The van der Waals surface area contributed by atoms with Crippen molar-refractivity contribution in [1.29, 1.82) is 0 Å². The van der Waals surface area contributed by atoms with Crippen molar-refractivity contribution in [1.82, 2.24) is 0 Å². The van der Waals surface area contributed by atoms with E-state index in [0.29, 0.717) is 14.9 Å². The van der Waals surface area contributed by atoms with Gasteiger partial charge in [-0.2, -0.15) is 16.8 Å². The van der Waals surface area contributed by atoms with Gasteiger partial charge < -0.3 is 0 Å². The molecule has 0 aromatic heterocycles. The normalized spacial score (nSPS) is 12.3. The van der Waals surface area contributed by atoms with Crippen LogP contribution in [0.5, 0.6) is 0 Å². The largest absolute Gasteiger partial charge is 0.295 e. The van der Waals surface area contributed by atoms with Gasteiger partial charge >= 0.3 is 0 Å². The molecule has 0 atom stereocenters. The molecule has 0 spiro atoms. The summed E-state index contributed by atoms with van der Waals surface area (Å²) in [5.74, 6) is 0. The fraction of sp³-hybridized carbons (Fsp3) is 0.0769. The van der Waals surface area contributed by atoms with Crippen LogP contribution in [0.25, 0.3) is 0 Å². The van der Waals surface area contributed by atoms with Crippen LogP contribution in [0.4, 0.5) is 0 Å². The molecule has 0 fully saturated rings. The van der Waals surface area contributed by atoms with Gasteiger partial charge in [0.2, 0.25) is 0 Å². The van der Waals surface area contributed by atoms with Crippen molar-refractivity contribution in [3.63, 3.8) is 0 Å². The summed E-state index contributed by atoms with van der Waals surface area (Å²) in [4.78, 5) is 0.306. The van der Waals surface area contributed by atoms with Crippen molar-refractivity contribution in [3.8, 4) is 0 Å². The summed E-state index contributed by atoms with van der Waals surface area (Å²) >= 11 is 2.27. The zero-order valence-corrected chi connectivity index (χ0v) is 14.8. The molecular weight excluding hydrogens is 380 g/mol. The van der Waals surface area contributed by atoms with Crippen LogP contribution in [-0.4, -0.2) is 31.0 Å². The number of benzene rings is 2. The Labute approximate surface area is 142 Å². The lowest BCUT2D eigenvalue weighted by atomic mass is 10.4. The van der Waals surface area contributed by atoms with E-state index in [1.165, 1.54) is 24.3 Å². The highest BCUT2D eigenvalue weighted by molar-refractivity contribution is 8.16. The first-order valence-corrected chi connectivity index (χ1v) is 10.9. The standard InChI is InChI=1S/C13H12O6S4/c14-22(15,16)12-7-3-1-5-10(12)20-9-21-11-6-2-4-8-13(11)23(17,18)19/h1-8H,9H2,(H,14,15,16)(H,17,18,19). The van der Waals surface area contributed by atoms with Crippen LogP contribution in [0.3, 0.4) is 0 Å². The summed E-state index contributed by atoms with van der Waals surface area (Å²) in [6, 6.07) is 11.9. The maximum absolute atomic E-state index is 11.3. The van der Waals surface area contributed by atoms with E-state index >= 15 is 0 Å². The molecule has 23 heavy (non-hydrogen) atoms. The predicted molar refractivity (Wildman–Crippen MR) is 89.1 cm³/mol. The molecule has 0 bridgehead atoms. The SMILES string of the molecule is O=S(=O)(O)c1ccccc1SCSc1ccccc1S(=O)(=O)O. The molecule has 0 saturated heterocycles. The fourth-order valence-corrected chi connectivity index (χ4v) is 5.87. The zero-order chi connectivity index (χ0) is 17.1. The zero-order valence-electron chi connectivity index (χ0n) is 11.5. The lowest BCUT2D eigenvalue weighted by Gasteiger charge is -2.08. The van der Waals surface area contributed by atoms with Gasteiger partial charge in [0.15, 0.2) is 0 Å². The molecule has 0 radical (unpaired) electrons. The topological polar surface area (TPSA) is 109 Å². The highest BCUT2D eigenvalue weighted by Gasteiger charge is 2.17. The molecule has 2 aromatic carbocycles. The highest BCUT2D eigenvalue weighted by atomic mass is 32.2. The van der Waals surface area contributed by atoms with Crippen LogP contribution in [-0.2, 0) is 20.2 Å². The van der Waals surface area contributed by atoms with Gasteiger partial charge in [0.1, 0.15) is 9.79 Å². The molecule has 0 aliphatic carbocycles. The average Bonchev–Trinajstić information content (AvgIpc) is 2.46. The quantitative estimate of drug-likeness (QED) is 0.439. The third-order valence-corrected chi connectivity index (χ3v) is 7.04. The van der Waals surface area contributed by atoms with E-state index in [1.807, 2.05) is 0 Å². The van der Waals surface area contributed by atoms with Gasteiger partial charge in [-0.25, -0.2) is 0 Å². The Morgan fingerprint density at radius 2 is 1.04 bits per heavy atom. The van der Waals surface area contributed by atoms with Crippen LogP contribution in [0.2, 0.25) is 0 Å². The molecular formula is C13H12O6S4. The number of thioether (sulfide) groups is 2. The molecule has 124 valence electrons. The first kappa shape index (κ1) is 18.3. The summed E-state index contributed by atoms with van der Waals surface area (Å²) in [7, 11) is -8.65. The van der Waals surface area contributed by atoms with Crippen molar-refractivity contribution in [2.45, 2.75) is 19.6 Å². The number of hydrogen-bond acceptors (Lipinski definition) is 6. The van der Waals surface area contributed by atoms with Crippen molar-refractivity contribution >= 4 is 43.8 Å². The first-order chi connectivity index (χ1) is 10.7. The smallest absolute Gasteiger partial charge is 0.282 e. The molecule has 0 amide bonds. The van der Waals surface area contributed by atoms with Crippen molar-refractivity contribution in [2.75, 3.05) is 5.08 Å². The van der Waals surface area contributed by atoms with E-state index in [9.17, 15) is 25.9 Å². The number of rotatable bonds is 6. The Morgan fingerprint density at radius 1 is 0.696 bits per heavy atom. The second-order valence-electron chi connectivity index (χ2n) is 4.25. The van der Waals surface area contributed by atoms with Crippen LogP contribution in [0, 0.1) is 0 Å². The highest BCUT2D eigenvalue weighted by Crippen LogP contribution is 2.34. The van der Waals surface area contributed by atoms with E-state index in [2.05, 4.69) is 0 Å². The van der Waals surface area contributed by atoms with Crippen molar-refractivity contribution in [3.05, 3.63) is 48.5 Å². The Balaban J connectivity index is 2.17. The summed E-state index contributed by atoms with van der Waals surface area (Å²) < 4.78 is 63.5. The molecule has 2 N–H and O–H groups in total. The third kappa shape index (κ3) is 4.96. The molecule has 0 heterocycles. The molecule has 0 aliphatic heterocycles. The maximum Gasteiger partial charge on any atom is 0.295 e. The second kappa shape index (κ2) is 7.24. The average molecular weight is 393 g/mol. The fourth-order valence-electron chi connectivity index (χ4n) is 1.72. The van der Waals surface area contributed by atoms with E-state index in [-0.39, 0.29) is 9.79 Å². The van der Waals surface area contributed by atoms with Crippen molar-refractivity contribution < 1.29 is 25.9 Å². The molecule has 10 heteroatoms. The predicted octanol–water partition coefficient (Wildman–Crippen LogP) is 3.02. The van der Waals surface area contributed by atoms with Gasteiger partial charge in [-0.1, -0.05) is 24.3 Å². The summed E-state index contributed by atoms with van der Waals surface area (Å²) in [5.41, 5.74) is 0. The summed E-state index contributed by atoms with van der Waals surface area (Å²) in [5, 5.41) is 0.291. The lowest BCUT2D eigenvalue weighted by molar-refractivity contribution is 0.479. The minimum Gasteiger partial charge on any atom is -0.282 e. The van der Waals surface area contributed by atoms with E-state index in [1.54, 1.807) is 24.3 Å². The van der Waals surface area contributed by atoms with Gasteiger partial charge in [-0.3, -0.25) is 9.11 Å². The van der Waals surface area contributed by atoms with E-state index in [4.69, 9.17) is 0 Å². The monoisotopic (exact) mass is 392 g/mol. The first-order valence-electron chi connectivity index (χ1n) is 6.08. The van der Waals surface area contributed by atoms with Crippen molar-refractivity contribution in [2.24, 2.45) is 0 Å². The van der Waals surface area contributed by atoms with Gasteiger partial charge in [-0.05, 0) is 24.3 Å². The Hall–Kier alpha value is -1.04. The minimum atomic E-state index is -4.33. The maximum atomic E-state index is 11.3. The third-order valence-electron chi connectivity index (χ3n) is 2.68. The van der Waals surface area contributed by atoms with Gasteiger partial charge in [0.05, 0.1) is 0 Å². The van der Waals surface area contributed by atoms with E-state index < -0.39 is 20.2 Å². The lowest BCUT2D eigenvalue weighted by Crippen LogP contribution is -2.00. The van der Waals surface area contributed by atoms with Crippen LogP contribution < -0.4 is 0 Å². The Morgan fingerprint density at radius 3 is 1.39 bits per heavy atom. The molecule has 0 unspecified atom stereocenters. The molecule has 2 aromatic rings. The molecule has 2 rings (SSSR count). The molecule has 0 saturated carbocycles. The van der Waals surface area contributed by atoms with Crippen LogP contribution >= 0.6 is 23.5 Å². The van der Waals surface area contributed by atoms with Crippen LogP contribution in [0.15, 0.2) is 68.1 Å². The number of hydrogen-bond donors (Lipinski definition) is 2. The summed E-state index contributed by atoms with van der Waals surface area (Å²) in [6.45, 7) is 0. The Bertz CT molecular complexity index is 830. The van der Waals surface area contributed by atoms with Gasteiger partial charge in [0.25, 0.3) is 20.2 Å². The van der Waals surface area contributed by atoms with E-state index in [0.717, 1.165) is 23.5 Å². The molecule has 0 aliphatic rings. The van der Waals surface area contributed by atoms with Gasteiger partial charge in [0, 0.05) is 14.9 Å². The molecule has 6 nitrogen and oxygen atoms in total. The summed E-state index contributed by atoms with van der Waals surface area (Å²) in [6.07, 6.45) is 0. The second-order valence-corrected chi connectivity index (χ2v) is 9.43. The van der Waals surface area contributed by atoms with Gasteiger partial charge in [-0.15, -0.1) is 23.5 Å². The minimum absolute atomic E-state index is 0.200.